The zero-order valence-electron chi connectivity index (χ0n) is 30.4. The van der Waals surface area contributed by atoms with Crippen LogP contribution in [0.3, 0.4) is 0 Å². The molecule has 1 aliphatic rings. The number of carbonyl (C=O) groups excluding carboxylic acids is 4. The molecule has 0 radical (unpaired) electrons. The largest absolute Gasteiger partial charge is 2.00 e. The van der Waals surface area contributed by atoms with Gasteiger partial charge in [0.15, 0.2) is 0 Å². The standard InChI is InChI=1S/2C22H25O4.Fe/c2*1-2-21(23)25-17-9-5-3-4-6-10-18-13-15-20(16-14-18)26-22(24)19-11-7-8-12-19;/h2,7-8,13-16H,1,3-6,9-11,17H2;2,7-8,11-16H,1,3-6,9-10,17H2;/q2*-1;+2. The normalized spacial score (nSPS) is 11.2. The first-order valence-corrected chi connectivity index (χ1v) is 18.1. The van der Waals surface area contributed by atoms with E-state index in [-0.39, 0.29) is 40.9 Å². The Kier molecular flexibility index (Phi) is 22.5. The second-order valence-electron chi connectivity index (χ2n) is 12.2. The third kappa shape index (κ3) is 19.0. The second kappa shape index (κ2) is 26.9. The Bertz CT molecular complexity index is 1600. The van der Waals surface area contributed by atoms with Crippen molar-refractivity contribution < 1.29 is 55.2 Å². The van der Waals surface area contributed by atoms with Crippen molar-refractivity contribution in [1.29, 1.82) is 0 Å². The Balaban J connectivity index is 0.000000360. The summed E-state index contributed by atoms with van der Waals surface area (Å²) in [6.07, 6.45) is 22.1. The summed E-state index contributed by atoms with van der Waals surface area (Å²) >= 11 is 0. The number of aryl methyl sites for hydroxylation is 2. The van der Waals surface area contributed by atoms with Crippen LogP contribution in [0.15, 0.2) is 116 Å². The van der Waals surface area contributed by atoms with Crippen molar-refractivity contribution in [2.75, 3.05) is 13.2 Å². The van der Waals surface area contributed by atoms with Gasteiger partial charge in [-0.3, -0.25) is 0 Å². The molecule has 1 aliphatic carbocycles. The van der Waals surface area contributed by atoms with Gasteiger partial charge in [-0.05, 0) is 73.9 Å². The molecule has 0 N–H and O–H groups in total. The molecule has 282 valence electrons. The van der Waals surface area contributed by atoms with Gasteiger partial charge in [-0.1, -0.05) is 93.5 Å². The quantitative estimate of drug-likeness (QED) is 0.0249. The number of hydrogen-bond donors (Lipinski definition) is 0. The maximum atomic E-state index is 11.9. The molecule has 4 rings (SSSR count). The summed E-state index contributed by atoms with van der Waals surface area (Å²) in [5, 5.41) is 0. The second-order valence-corrected chi connectivity index (χ2v) is 12.2. The van der Waals surface area contributed by atoms with E-state index in [4.69, 9.17) is 18.9 Å². The van der Waals surface area contributed by atoms with Crippen molar-refractivity contribution >= 4 is 23.9 Å². The fraction of sp³-hybridized carbons (Fsp3) is 0.341. The van der Waals surface area contributed by atoms with Crippen molar-refractivity contribution in [2.45, 2.75) is 83.5 Å². The van der Waals surface area contributed by atoms with Gasteiger partial charge >= 0.3 is 29.0 Å². The number of carbonyl (C=O) groups is 4. The van der Waals surface area contributed by atoms with E-state index in [1.165, 1.54) is 23.3 Å². The van der Waals surface area contributed by atoms with Crippen molar-refractivity contribution in [3.05, 3.63) is 139 Å². The van der Waals surface area contributed by atoms with Gasteiger partial charge in [0, 0.05) is 12.2 Å². The molecular formula is C44H50FeO8. The number of esters is 4. The number of ether oxygens (including phenoxy) is 4. The van der Waals surface area contributed by atoms with Crippen LogP contribution < -0.4 is 9.47 Å². The van der Waals surface area contributed by atoms with Gasteiger partial charge in [-0.15, -0.1) is 6.07 Å². The molecule has 0 heterocycles. The average Bonchev–Trinajstić information content (AvgIpc) is 3.91. The summed E-state index contributed by atoms with van der Waals surface area (Å²) in [7, 11) is 0. The van der Waals surface area contributed by atoms with Crippen molar-refractivity contribution in [3.8, 4) is 11.5 Å². The minimum atomic E-state index is -0.353. The summed E-state index contributed by atoms with van der Waals surface area (Å²) in [4.78, 5) is 45.5. The third-order valence-corrected chi connectivity index (χ3v) is 8.15. The van der Waals surface area contributed by atoms with Gasteiger partial charge in [-0.2, -0.15) is 36.4 Å². The van der Waals surface area contributed by atoms with Crippen LogP contribution in [0.25, 0.3) is 0 Å². The number of allylic oxidation sites excluding steroid dienone is 3. The molecule has 0 bridgehead atoms. The number of unbranched alkanes of at least 4 members (excludes halogenated alkanes) is 8. The molecule has 9 heteroatoms. The van der Waals surface area contributed by atoms with Crippen LogP contribution in [0.5, 0.6) is 11.5 Å². The molecule has 0 aromatic heterocycles. The van der Waals surface area contributed by atoms with E-state index in [0.29, 0.717) is 42.3 Å². The smallest absolute Gasteiger partial charge is 0.482 e. The molecule has 0 amide bonds. The summed E-state index contributed by atoms with van der Waals surface area (Å²) in [5.41, 5.74) is 3.60. The molecule has 0 aliphatic heterocycles. The fourth-order valence-electron chi connectivity index (χ4n) is 5.22. The van der Waals surface area contributed by atoms with Crippen LogP contribution >= 0.6 is 0 Å². The van der Waals surface area contributed by atoms with E-state index in [0.717, 1.165) is 77.0 Å². The fourth-order valence-corrected chi connectivity index (χ4v) is 5.22. The molecule has 0 atom stereocenters. The molecule has 8 nitrogen and oxygen atoms in total. The van der Waals surface area contributed by atoms with Gasteiger partial charge in [0.2, 0.25) is 5.97 Å². The van der Waals surface area contributed by atoms with E-state index in [1.807, 2.05) is 66.7 Å². The van der Waals surface area contributed by atoms with Crippen LogP contribution in [0, 0.1) is 6.08 Å². The Labute approximate surface area is 324 Å². The molecule has 0 saturated heterocycles. The minimum Gasteiger partial charge on any atom is -0.482 e. The molecule has 3 aromatic carbocycles. The average molecular weight is 763 g/mol. The first-order chi connectivity index (χ1) is 25.4. The molecule has 0 saturated carbocycles. The molecule has 0 fully saturated rings. The van der Waals surface area contributed by atoms with Crippen molar-refractivity contribution in [3.63, 3.8) is 0 Å². The van der Waals surface area contributed by atoms with Crippen molar-refractivity contribution in [2.24, 2.45) is 0 Å². The van der Waals surface area contributed by atoms with Crippen LogP contribution in [-0.4, -0.2) is 37.1 Å². The summed E-state index contributed by atoms with van der Waals surface area (Å²) < 4.78 is 20.5. The monoisotopic (exact) mass is 762 g/mol. The minimum absolute atomic E-state index is 0. The van der Waals surface area contributed by atoms with Gasteiger partial charge in [0.25, 0.3) is 5.97 Å². The zero-order valence-corrected chi connectivity index (χ0v) is 31.5. The van der Waals surface area contributed by atoms with Crippen LogP contribution in [-0.2, 0) is 53.8 Å². The molecule has 0 unspecified atom stereocenters. The molecule has 53 heavy (non-hydrogen) atoms. The van der Waals surface area contributed by atoms with Gasteiger partial charge < -0.3 is 28.5 Å². The van der Waals surface area contributed by atoms with E-state index in [1.54, 1.807) is 18.2 Å². The molecular weight excluding hydrogens is 712 g/mol. The Morgan fingerprint density at radius 2 is 1.11 bits per heavy atom. The summed E-state index contributed by atoms with van der Waals surface area (Å²) in [6, 6.07) is 22.5. The predicted molar refractivity (Wildman–Crippen MR) is 202 cm³/mol. The third-order valence-electron chi connectivity index (χ3n) is 8.15. The number of hydrogen-bond acceptors (Lipinski definition) is 8. The topological polar surface area (TPSA) is 105 Å². The zero-order chi connectivity index (χ0) is 37.2. The number of benzene rings is 2. The van der Waals surface area contributed by atoms with Crippen LogP contribution in [0.1, 0.15) is 92.1 Å². The summed E-state index contributed by atoms with van der Waals surface area (Å²) in [6.45, 7) is 7.66. The Hall–Kier alpha value is -4.85. The van der Waals surface area contributed by atoms with Crippen LogP contribution in [0.2, 0.25) is 0 Å². The van der Waals surface area contributed by atoms with E-state index in [2.05, 4.69) is 19.2 Å². The SMILES string of the molecule is C=CC(=O)OCCCCCCCc1ccc(OC(=O)C2=[C-]C=CC2)cc1.C=CC(=O)OCCCCCCCc1ccc(OC(=O)c2ccc[cH-]2)cc1.[Fe+2]. The Morgan fingerprint density at radius 1 is 0.642 bits per heavy atom. The predicted octanol–water partition coefficient (Wildman–Crippen LogP) is 9.35. The summed E-state index contributed by atoms with van der Waals surface area (Å²) in [5.74, 6) is -0.242. The van der Waals surface area contributed by atoms with Crippen LogP contribution in [0.4, 0.5) is 0 Å². The van der Waals surface area contributed by atoms with E-state index in [9.17, 15) is 19.2 Å². The van der Waals surface area contributed by atoms with Gasteiger partial charge in [0.1, 0.15) is 11.5 Å². The van der Waals surface area contributed by atoms with Gasteiger partial charge in [0.05, 0.1) is 13.2 Å². The first kappa shape index (κ1) is 44.3. The first-order valence-electron chi connectivity index (χ1n) is 18.1. The maximum absolute atomic E-state index is 11.9. The van der Waals surface area contributed by atoms with E-state index >= 15 is 0 Å². The van der Waals surface area contributed by atoms with E-state index < -0.39 is 0 Å². The van der Waals surface area contributed by atoms with Crippen molar-refractivity contribution in [1.82, 2.24) is 0 Å². The Morgan fingerprint density at radius 3 is 1.55 bits per heavy atom. The number of rotatable bonds is 22. The maximum Gasteiger partial charge on any atom is 2.00 e. The van der Waals surface area contributed by atoms with Gasteiger partial charge in [-0.25, -0.2) is 9.59 Å². The molecule has 0 spiro atoms. The molecule has 3 aromatic rings.